The van der Waals surface area contributed by atoms with E-state index in [9.17, 15) is 4.79 Å². The fourth-order valence-electron chi connectivity index (χ4n) is 3.18. The third kappa shape index (κ3) is 3.60. The SMILES string of the molecule is CC(C)(C)OC(=O)N1CCc2c(cncc2B2OC(C)(C)C(C)(C)O2)C1. The zero-order valence-corrected chi connectivity index (χ0v) is 16.9. The highest BCUT2D eigenvalue weighted by molar-refractivity contribution is 6.62. The smallest absolute Gasteiger partial charge is 0.444 e. The average Bonchev–Trinajstić information content (AvgIpc) is 2.72. The molecule has 1 aromatic rings. The van der Waals surface area contributed by atoms with Crippen molar-refractivity contribution >= 4 is 18.7 Å². The van der Waals surface area contributed by atoms with Crippen molar-refractivity contribution in [2.75, 3.05) is 6.54 Å². The van der Waals surface area contributed by atoms with Crippen LogP contribution in [0.15, 0.2) is 12.4 Å². The van der Waals surface area contributed by atoms with Gasteiger partial charge in [0.25, 0.3) is 0 Å². The lowest BCUT2D eigenvalue weighted by Gasteiger charge is -2.32. The molecule has 0 aromatic carbocycles. The number of aromatic nitrogens is 1. The van der Waals surface area contributed by atoms with Crippen LogP contribution >= 0.6 is 0 Å². The number of fused-ring (bicyclic) bond motifs is 1. The van der Waals surface area contributed by atoms with Crippen molar-refractivity contribution in [3.05, 3.63) is 23.5 Å². The highest BCUT2D eigenvalue weighted by Crippen LogP contribution is 2.37. The maximum atomic E-state index is 12.4. The molecular formula is C19H29BN2O4. The van der Waals surface area contributed by atoms with Gasteiger partial charge in [0.1, 0.15) is 5.60 Å². The van der Waals surface area contributed by atoms with Gasteiger partial charge in [-0.2, -0.15) is 0 Å². The van der Waals surface area contributed by atoms with E-state index in [1.54, 1.807) is 4.90 Å². The molecule has 0 N–H and O–H groups in total. The number of hydrogen-bond donors (Lipinski definition) is 0. The van der Waals surface area contributed by atoms with Crippen LogP contribution in [0.3, 0.4) is 0 Å². The summed E-state index contributed by atoms with van der Waals surface area (Å²) in [5, 5.41) is 0. The van der Waals surface area contributed by atoms with E-state index in [-0.39, 0.29) is 6.09 Å². The van der Waals surface area contributed by atoms with Crippen molar-refractivity contribution in [1.29, 1.82) is 0 Å². The third-order valence-electron chi connectivity index (χ3n) is 5.33. The van der Waals surface area contributed by atoms with Crippen molar-refractivity contribution in [2.45, 2.75) is 78.2 Å². The van der Waals surface area contributed by atoms with Gasteiger partial charge in [-0.3, -0.25) is 4.98 Å². The topological polar surface area (TPSA) is 60.9 Å². The molecule has 0 unspecified atom stereocenters. The quantitative estimate of drug-likeness (QED) is 0.721. The normalized spacial score (nSPS) is 21.5. The zero-order valence-electron chi connectivity index (χ0n) is 16.9. The Kier molecular flexibility index (Phi) is 4.60. The fourth-order valence-corrected chi connectivity index (χ4v) is 3.18. The summed E-state index contributed by atoms with van der Waals surface area (Å²) in [6, 6.07) is 0. The van der Waals surface area contributed by atoms with E-state index < -0.39 is 23.9 Å². The minimum atomic E-state index is -0.500. The van der Waals surface area contributed by atoms with Gasteiger partial charge in [0, 0.05) is 24.4 Å². The Morgan fingerprint density at radius 1 is 1.19 bits per heavy atom. The van der Waals surface area contributed by atoms with Gasteiger partial charge in [-0.1, -0.05) is 0 Å². The van der Waals surface area contributed by atoms with E-state index in [1.807, 2.05) is 60.9 Å². The van der Waals surface area contributed by atoms with Gasteiger partial charge in [0.05, 0.1) is 17.7 Å². The van der Waals surface area contributed by atoms with E-state index in [0.717, 1.165) is 17.4 Å². The predicted molar refractivity (Wildman–Crippen MR) is 100 cm³/mol. The Bertz CT molecular complexity index is 696. The molecule has 0 spiro atoms. The van der Waals surface area contributed by atoms with Crippen LogP contribution in [0.1, 0.15) is 59.6 Å². The Balaban J connectivity index is 1.81. The molecule has 2 aliphatic heterocycles. The van der Waals surface area contributed by atoms with Crippen molar-refractivity contribution < 1.29 is 18.8 Å². The van der Waals surface area contributed by atoms with Crippen molar-refractivity contribution in [1.82, 2.24) is 9.88 Å². The maximum absolute atomic E-state index is 12.4. The molecule has 1 fully saturated rings. The van der Waals surface area contributed by atoms with Crippen LogP contribution < -0.4 is 5.46 Å². The molecule has 1 aromatic heterocycles. The summed E-state index contributed by atoms with van der Waals surface area (Å²) in [5.74, 6) is 0. The van der Waals surface area contributed by atoms with E-state index in [0.29, 0.717) is 13.1 Å². The molecule has 142 valence electrons. The van der Waals surface area contributed by atoms with E-state index in [1.165, 1.54) is 5.56 Å². The summed E-state index contributed by atoms with van der Waals surface area (Å²) in [4.78, 5) is 18.5. The largest absolute Gasteiger partial charge is 0.496 e. The fraction of sp³-hybridized carbons (Fsp3) is 0.684. The molecule has 1 amide bonds. The lowest BCUT2D eigenvalue weighted by atomic mass is 9.74. The molecule has 0 bridgehead atoms. The predicted octanol–water partition coefficient (Wildman–Crippen LogP) is 2.67. The lowest BCUT2D eigenvalue weighted by molar-refractivity contribution is 0.00578. The minimum absolute atomic E-state index is 0.288. The number of rotatable bonds is 1. The second-order valence-corrected chi connectivity index (χ2v) is 9.11. The molecule has 26 heavy (non-hydrogen) atoms. The molecule has 0 atom stereocenters. The Hall–Kier alpha value is -1.60. The molecule has 0 aliphatic carbocycles. The Morgan fingerprint density at radius 3 is 2.38 bits per heavy atom. The number of amides is 1. The summed E-state index contributed by atoms with van der Waals surface area (Å²) in [7, 11) is -0.435. The molecule has 3 heterocycles. The summed E-state index contributed by atoms with van der Waals surface area (Å²) >= 11 is 0. The summed E-state index contributed by atoms with van der Waals surface area (Å²) in [6.45, 7) is 14.9. The standard InChI is InChI=1S/C19H29BN2O4/c1-17(2,3)24-16(23)22-9-8-14-13(12-22)10-21-11-15(14)20-25-18(4,5)19(6,7)26-20/h10-11H,8-9,12H2,1-7H3. The van der Waals surface area contributed by atoms with Crippen LogP contribution in [0.5, 0.6) is 0 Å². The minimum Gasteiger partial charge on any atom is -0.444 e. The molecule has 0 radical (unpaired) electrons. The molecule has 7 heteroatoms. The zero-order chi connectivity index (χ0) is 19.3. The van der Waals surface area contributed by atoms with Gasteiger partial charge in [0.2, 0.25) is 0 Å². The van der Waals surface area contributed by atoms with E-state index in [4.69, 9.17) is 14.0 Å². The highest BCUT2D eigenvalue weighted by Gasteiger charge is 2.52. The first kappa shape index (κ1) is 19.2. The number of ether oxygens (including phenoxy) is 1. The van der Waals surface area contributed by atoms with Crippen LogP contribution in [-0.2, 0) is 27.0 Å². The second-order valence-electron chi connectivity index (χ2n) is 9.11. The Labute approximate surface area is 156 Å². The Morgan fingerprint density at radius 2 is 1.81 bits per heavy atom. The number of pyridine rings is 1. The van der Waals surface area contributed by atoms with Crippen molar-refractivity contribution in [2.24, 2.45) is 0 Å². The highest BCUT2D eigenvalue weighted by atomic mass is 16.7. The molecule has 0 saturated carbocycles. The van der Waals surface area contributed by atoms with Crippen LogP contribution in [0, 0.1) is 0 Å². The molecule has 6 nitrogen and oxygen atoms in total. The first-order chi connectivity index (χ1) is 11.9. The van der Waals surface area contributed by atoms with Gasteiger partial charge in [-0.05, 0) is 66.0 Å². The lowest BCUT2D eigenvalue weighted by Crippen LogP contribution is -2.44. The monoisotopic (exact) mass is 360 g/mol. The van der Waals surface area contributed by atoms with Crippen LogP contribution in [0.4, 0.5) is 4.79 Å². The van der Waals surface area contributed by atoms with Crippen LogP contribution in [-0.4, -0.2) is 46.4 Å². The molecule has 2 aliphatic rings. The van der Waals surface area contributed by atoms with E-state index >= 15 is 0 Å². The third-order valence-corrected chi connectivity index (χ3v) is 5.33. The second kappa shape index (κ2) is 6.24. The first-order valence-electron chi connectivity index (χ1n) is 9.19. The van der Waals surface area contributed by atoms with Crippen molar-refractivity contribution in [3.8, 4) is 0 Å². The molecule has 1 saturated heterocycles. The summed E-state index contributed by atoms with van der Waals surface area (Å²) in [6.07, 6.45) is 4.09. The number of carbonyl (C=O) groups excluding carboxylic acids is 1. The maximum Gasteiger partial charge on any atom is 0.496 e. The van der Waals surface area contributed by atoms with Gasteiger partial charge in [-0.15, -0.1) is 0 Å². The molecule has 3 rings (SSSR count). The number of nitrogens with zero attached hydrogens (tertiary/aromatic N) is 2. The van der Waals surface area contributed by atoms with E-state index in [2.05, 4.69) is 4.98 Å². The van der Waals surface area contributed by atoms with Crippen LogP contribution in [0.2, 0.25) is 0 Å². The van der Waals surface area contributed by atoms with Crippen molar-refractivity contribution in [3.63, 3.8) is 0 Å². The number of hydrogen-bond acceptors (Lipinski definition) is 5. The summed E-state index contributed by atoms with van der Waals surface area (Å²) in [5.41, 5.74) is 1.87. The van der Waals surface area contributed by atoms with Gasteiger partial charge < -0.3 is 18.9 Å². The van der Waals surface area contributed by atoms with Crippen LogP contribution in [0.25, 0.3) is 0 Å². The van der Waals surface area contributed by atoms with Gasteiger partial charge in [-0.25, -0.2) is 4.79 Å². The van der Waals surface area contributed by atoms with Gasteiger partial charge in [0.15, 0.2) is 0 Å². The van der Waals surface area contributed by atoms with Gasteiger partial charge >= 0.3 is 13.2 Å². The first-order valence-corrected chi connectivity index (χ1v) is 9.19. The molecular weight excluding hydrogens is 331 g/mol. The summed E-state index contributed by atoms with van der Waals surface area (Å²) < 4.78 is 17.9. The average molecular weight is 360 g/mol. The number of carbonyl (C=O) groups is 1.